The predicted molar refractivity (Wildman–Crippen MR) is 66.6 cm³/mol. The quantitative estimate of drug-likeness (QED) is 0.310. The molecule has 0 amide bonds. The fraction of sp³-hybridized carbons (Fsp3) is 0.538. The largest absolute Gasteiger partial charge is 0.462 e. The molecule has 0 rings (SSSR count). The van der Waals surface area contributed by atoms with Crippen LogP contribution in [0.2, 0.25) is 0 Å². The van der Waals surface area contributed by atoms with E-state index in [2.05, 4.69) is 6.58 Å². The minimum atomic E-state index is -0.667. The summed E-state index contributed by atoms with van der Waals surface area (Å²) in [5.41, 5.74) is -0.0243. The van der Waals surface area contributed by atoms with Crippen LogP contribution in [-0.2, 0) is 19.1 Å². The van der Waals surface area contributed by atoms with Gasteiger partial charge in [0.05, 0.1) is 13.2 Å². The molecule has 0 saturated carbocycles. The highest BCUT2D eigenvalue weighted by molar-refractivity contribution is 5.90. The van der Waals surface area contributed by atoms with Gasteiger partial charge in [-0.1, -0.05) is 26.8 Å². The van der Waals surface area contributed by atoms with Crippen molar-refractivity contribution < 1.29 is 24.2 Å². The van der Waals surface area contributed by atoms with Crippen LogP contribution in [0.5, 0.6) is 0 Å². The fourth-order valence-electron chi connectivity index (χ4n) is 1.17. The molecule has 102 valence electrons. The van der Waals surface area contributed by atoms with Gasteiger partial charge in [0.25, 0.3) is 0 Å². The van der Waals surface area contributed by atoms with E-state index in [0.29, 0.717) is 6.42 Å². The number of ether oxygens (including phenoxy) is 2. The van der Waals surface area contributed by atoms with Gasteiger partial charge in [0.1, 0.15) is 11.3 Å². The van der Waals surface area contributed by atoms with Crippen molar-refractivity contribution in [2.75, 3.05) is 13.2 Å². The average Bonchev–Trinajstić information content (AvgIpc) is 2.38. The van der Waals surface area contributed by atoms with E-state index in [1.54, 1.807) is 6.92 Å². The van der Waals surface area contributed by atoms with Crippen molar-refractivity contribution in [1.29, 1.82) is 0 Å². The highest BCUT2D eigenvalue weighted by Gasteiger charge is 2.18. The smallest absolute Gasteiger partial charge is 0.339 e. The summed E-state index contributed by atoms with van der Waals surface area (Å²) in [5, 5.41) is 9.16. The number of carbonyl (C=O) groups excluding carboxylic acids is 2. The molecule has 18 heavy (non-hydrogen) atoms. The Kier molecular flexibility index (Phi) is 8.57. The minimum absolute atomic E-state index is 0.0243. The second-order valence-corrected chi connectivity index (χ2v) is 3.53. The van der Waals surface area contributed by atoms with E-state index in [1.165, 1.54) is 0 Å². The molecule has 5 heteroatoms. The first-order valence-corrected chi connectivity index (χ1v) is 5.94. The summed E-state index contributed by atoms with van der Waals surface area (Å²) in [6, 6.07) is 0. The van der Waals surface area contributed by atoms with Gasteiger partial charge in [-0.2, -0.15) is 0 Å². The molecule has 0 fully saturated rings. The normalized spacial score (nSPS) is 11.5. The van der Waals surface area contributed by atoms with Gasteiger partial charge in [-0.25, -0.2) is 9.59 Å². The molecule has 0 aromatic carbocycles. The molecular weight excluding hydrogens is 236 g/mol. The van der Waals surface area contributed by atoms with Crippen LogP contribution in [-0.4, -0.2) is 30.3 Å². The Balaban J connectivity index is 4.79. The van der Waals surface area contributed by atoms with Crippen molar-refractivity contribution in [1.82, 2.24) is 0 Å². The predicted octanol–water partition coefficient (Wildman–Crippen LogP) is 1.72. The summed E-state index contributed by atoms with van der Waals surface area (Å²) in [6.45, 7) is 6.70. The Bertz CT molecular complexity index is 330. The first kappa shape index (κ1) is 16.4. The van der Waals surface area contributed by atoms with Gasteiger partial charge in [-0.15, -0.1) is 0 Å². The van der Waals surface area contributed by atoms with Gasteiger partial charge in [0.2, 0.25) is 0 Å². The lowest BCUT2D eigenvalue weighted by atomic mass is 10.2. The summed E-state index contributed by atoms with van der Waals surface area (Å²) in [5.74, 6) is -1.21. The van der Waals surface area contributed by atoms with Gasteiger partial charge >= 0.3 is 11.9 Å². The zero-order valence-corrected chi connectivity index (χ0v) is 10.9. The maximum Gasteiger partial charge on any atom is 0.339 e. The molecule has 5 nitrogen and oxygen atoms in total. The molecule has 1 N–H and O–H groups in total. The second kappa shape index (κ2) is 9.41. The van der Waals surface area contributed by atoms with E-state index < -0.39 is 18.5 Å². The van der Waals surface area contributed by atoms with Gasteiger partial charge < -0.3 is 14.6 Å². The molecule has 0 atom stereocenters. The molecule has 0 spiro atoms. The number of aliphatic hydroxyl groups excluding tert-OH is 1. The molecule has 0 bridgehead atoms. The standard InChI is InChI=1S/C13H20O5/c1-4-7-8-17-13(16)10(9-14)11(5-2)18-12(15)6-3/h6,14H,3-5,7-9H2,1-2H3/b11-10-. The summed E-state index contributed by atoms with van der Waals surface area (Å²) >= 11 is 0. The lowest BCUT2D eigenvalue weighted by Gasteiger charge is -2.11. The molecule has 0 radical (unpaired) electrons. The van der Waals surface area contributed by atoms with Crippen molar-refractivity contribution >= 4 is 11.9 Å². The van der Waals surface area contributed by atoms with Gasteiger partial charge in [0, 0.05) is 12.5 Å². The third-order valence-corrected chi connectivity index (χ3v) is 2.18. The van der Waals surface area contributed by atoms with Crippen LogP contribution in [0.15, 0.2) is 24.0 Å². The van der Waals surface area contributed by atoms with Crippen molar-refractivity contribution in [3.63, 3.8) is 0 Å². The molecule has 0 unspecified atom stereocenters. The molecule has 0 aromatic heterocycles. The SMILES string of the molecule is C=CC(=O)O/C(CC)=C(/CO)C(=O)OCCCC. The van der Waals surface area contributed by atoms with Crippen molar-refractivity contribution in [2.24, 2.45) is 0 Å². The summed E-state index contributed by atoms with van der Waals surface area (Å²) in [4.78, 5) is 22.7. The van der Waals surface area contributed by atoms with Crippen LogP contribution < -0.4 is 0 Å². The number of hydrogen-bond acceptors (Lipinski definition) is 5. The topological polar surface area (TPSA) is 72.8 Å². The monoisotopic (exact) mass is 256 g/mol. The van der Waals surface area contributed by atoms with E-state index in [1.807, 2.05) is 6.92 Å². The second-order valence-electron chi connectivity index (χ2n) is 3.53. The average molecular weight is 256 g/mol. The van der Waals surface area contributed by atoms with Gasteiger partial charge in [0.15, 0.2) is 0 Å². The lowest BCUT2D eigenvalue weighted by Crippen LogP contribution is -2.16. The number of aliphatic hydroxyl groups is 1. The maximum absolute atomic E-state index is 11.7. The van der Waals surface area contributed by atoms with Crippen molar-refractivity contribution in [2.45, 2.75) is 33.1 Å². The highest BCUT2D eigenvalue weighted by atomic mass is 16.5. The number of hydrogen-bond donors (Lipinski definition) is 1. The van der Waals surface area contributed by atoms with Crippen LogP contribution >= 0.6 is 0 Å². The zero-order chi connectivity index (χ0) is 14.0. The Morgan fingerprint density at radius 1 is 1.33 bits per heavy atom. The van der Waals surface area contributed by atoms with Crippen molar-refractivity contribution in [3.8, 4) is 0 Å². The molecule has 0 heterocycles. The number of unbranched alkanes of at least 4 members (excludes halogenated alkanes) is 1. The molecular formula is C13H20O5. The van der Waals surface area contributed by atoms with Crippen LogP contribution in [0.3, 0.4) is 0 Å². The Labute approximate surface area is 107 Å². The third-order valence-electron chi connectivity index (χ3n) is 2.18. The Morgan fingerprint density at radius 2 is 2.00 bits per heavy atom. The number of esters is 2. The fourth-order valence-corrected chi connectivity index (χ4v) is 1.17. The third kappa shape index (κ3) is 5.63. The van der Waals surface area contributed by atoms with Crippen molar-refractivity contribution in [3.05, 3.63) is 24.0 Å². The molecule has 0 saturated heterocycles. The molecule has 0 aliphatic carbocycles. The first-order valence-electron chi connectivity index (χ1n) is 5.94. The highest BCUT2D eigenvalue weighted by Crippen LogP contribution is 2.13. The molecule has 0 aromatic rings. The summed E-state index contributed by atoms with van der Waals surface area (Å²) in [7, 11) is 0. The number of rotatable bonds is 8. The van der Waals surface area contributed by atoms with E-state index in [-0.39, 0.29) is 17.9 Å². The van der Waals surface area contributed by atoms with Crippen LogP contribution in [0.4, 0.5) is 0 Å². The first-order chi connectivity index (χ1) is 8.60. The summed E-state index contributed by atoms with van der Waals surface area (Å²) < 4.78 is 9.85. The summed E-state index contributed by atoms with van der Waals surface area (Å²) in [6.07, 6.45) is 2.95. The Hall–Kier alpha value is -1.62. The Morgan fingerprint density at radius 3 is 2.44 bits per heavy atom. The van der Waals surface area contributed by atoms with Crippen LogP contribution in [0.25, 0.3) is 0 Å². The van der Waals surface area contributed by atoms with E-state index in [9.17, 15) is 9.59 Å². The zero-order valence-electron chi connectivity index (χ0n) is 10.9. The van der Waals surface area contributed by atoms with E-state index in [4.69, 9.17) is 14.6 Å². The maximum atomic E-state index is 11.7. The minimum Gasteiger partial charge on any atom is -0.462 e. The lowest BCUT2D eigenvalue weighted by molar-refractivity contribution is -0.140. The molecule has 0 aliphatic heterocycles. The van der Waals surface area contributed by atoms with Crippen LogP contribution in [0.1, 0.15) is 33.1 Å². The number of carbonyl (C=O) groups is 2. The van der Waals surface area contributed by atoms with Crippen LogP contribution in [0, 0.1) is 0 Å². The van der Waals surface area contributed by atoms with Gasteiger partial charge in [-0.3, -0.25) is 0 Å². The molecule has 0 aliphatic rings. The van der Waals surface area contributed by atoms with Gasteiger partial charge in [-0.05, 0) is 6.42 Å². The number of allylic oxidation sites excluding steroid dienone is 1. The van der Waals surface area contributed by atoms with E-state index >= 15 is 0 Å². The van der Waals surface area contributed by atoms with E-state index in [0.717, 1.165) is 18.9 Å².